The van der Waals surface area contributed by atoms with E-state index in [0.29, 0.717) is 17.5 Å². The van der Waals surface area contributed by atoms with Gasteiger partial charge in [-0.25, -0.2) is 0 Å². The number of hydrogen-bond acceptors (Lipinski definition) is 5. The van der Waals surface area contributed by atoms with Crippen molar-refractivity contribution in [2.24, 2.45) is 0 Å². The van der Waals surface area contributed by atoms with Gasteiger partial charge in [-0.1, -0.05) is 28.1 Å². The van der Waals surface area contributed by atoms with Crippen LogP contribution in [0.1, 0.15) is 35.0 Å². The first-order chi connectivity index (χ1) is 14.5. The van der Waals surface area contributed by atoms with Crippen molar-refractivity contribution >= 4 is 32.8 Å². The molecule has 1 aromatic heterocycles. The summed E-state index contributed by atoms with van der Waals surface area (Å²) in [6.07, 6.45) is 2.30. The van der Waals surface area contributed by atoms with E-state index < -0.39 is 5.91 Å². The molecule has 156 valence electrons. The summed E-state index contributed by atoms with van der Waals surface area (Å²) in [6.45, 7) is 2.41. The summed E-state index contributed by atoms with van der Waals surface area (Å²) in [5.74, 6) is 0.423. The van der Waals surface area contributed by atoms with E-state index in [-0.39, 0.29) is 17.2 Å². The molecule has 3 aromatic rings. The Morgan fingerprint density at radius 1 is 1.17 bits per heavy atom. The lowest BCUT2D eigenvalue weighted by atomic mass is 10.1. The van der Waals surface area contributed by atoms with E-state index in [1.807, 2.05) is 24.3 Å². The molecule has 30 heavy (non-hydrogen) atoms. The van der Waals surface area contributed by atoms with Crippen molar-refractivity contribution < 1.29 is 13.9 Å². The van der Waals surface area contributed by atoms with Crippen LogP contribution in [-0.2, 0) is 0 Å². The first-order valence-electron chi connectivity index (χ1n) is 9.95. The lowest BCUT2D eigenvalue weighted by molar-refractivity contribution is 0.0910. The van der Waals surface area contributed by atoms with Crippen molar-refractivity contribution in [1.82, 2.24) is 10.2 Å². The summed E-state index contributed by atoms with van der Waals surface area (Å²) in [7, 11) is 1.64. The second kappa shape index (κ2) is 9.02. The van der Waals surface area contributed by atoms with Crippen LogP contribution < -0.4 is 15.5 Å². The topological polar surface area (TPSA) is 71.8 Å². The molecule has 1 atom stereocenters. The highest BCUT2D eigenvalue weighted by atomic mass is 79.9. The molecule has 1 saturated heterocycles. The second-order valence-electron chi connectivity index (χ2n) is 7.36. The Balaban J connectivity index is 1.54. The van der Waals surface area contributed by atoms with Crippen LogP contribution in [-0.4, -0.2) is 37.6 Å². The normalized spacial score (nSPS) is 15.3. The fourth-order valence-electron chi connectivity index (χ4n) is 3.85. The molecule has 1 fully saturated rings. The number of rotatable bonds is 6. The predicted octanol–water partition coefficient (Wildman–Crippen LogP) is 4.13. The predicted molar refractivity (Wildman–Crippen MR) is 119 cm³/mol. The number of methoxy groups -OCH3 is 1. The van der Waals surface area contributed by atoms with Gasteiger partial charge in [-0.15, -0.1) is 0 Å². The Kier molecular flexibility index (Phi) is 6.20. The minimum absolute atomic E-state index is 0.0183. The standard InChI is InChI=1S/C23H23BrN2O4/c1-29-17-7-4-15(5-8-17)19(26-10-2-3-11-26)14-25-23(28)22-13-20(27)18-12-16(24)6-9-21(18)30-22/h4-9,12-13,19H,2-3,10-11,14H2,1H3,(H,25,28)/t19-/m0/s1. The molecule has 0 saturated carbocycles. The summed E-state index contributed by atoms with van der Waals surface area (Å²) in [5, 5.41) is 3.39. The molecule has 1 aliphatic rings. The van der Waals surface area contributed by atoms with Crippen molar-refractivity contribution in [2.45, 2.75) is 18.9 Å². The van der Waals surface area contributed by atoms with E-state index in [2.05, 4.69) is 26.1 Å². The Morgan fingerprint density at radius 2 is 1.90 bits per heavy atom. The summed E-state index contributed by atoms with van der Waals surface area (Å²) in [5.41, 5.74) is 1.26. The van der Waals surface area contributed by atoms with Crippen molar-refractivity contribution in [3.63, 3.8) is 0 Å². The zero-order chi connectivity index (χ0) is 21.1. The second-order valence-corrected chi connectivity index (χ2v) is 8.27. The van der Waals surface area contributed by atoms with Crippen LogP contribution in [0.15, 0.2) is 62.2 Å². The number of hydrogen-bond donors (Lipinski definition) is 1. The largest absolute Gasteiger partial charge is 0.497 e. The van der Waals surface area contributed by atoms with Crippen LogP contribution >= 0.6 is 15.9 Å². The van der Waals surface area contributed by atoms with Gasteiger partial charge >= 0.3 is 0 Å². The smallest absolute Gasteiger partial charge is 0.287 e. The number of likely N-dealkylation sites (tertiary alicyclic amines) is 1. The van der Waals surface area contributed by atoms with Crippen LogP contribution in [0.5, 0.6) is 5.75 Å². The Morgan fingerprint density at radius 3 is 2.60 bits per heavy atom. The van der Waals surface area contributed by atoms with Crippen molar-refractivity contribution in [3.8, 4) is 5.75 Å². The molecule has 0 bridgehead atoms. The molecule has 1 aliphatic heterocycles. The van der Waals surface area contributed by atoms with Gasteiger partial charge in [0.1, 0.15) is 11.3 Å². The number of amides is 1. The van der Waals surface area contributed by atoms with Crippen molar-refractivity contribution in [1.29, 1.82) is 0 Å². The quantitative estimate of drug-likeness (QED) is 0.586. The van der Waals surface area contributed by atoms with Crippen LogP contribution in [0.25, 0.3) is 11.0 Å². The van der Waals surface area contributed by atoms with Gasteiger partial charge < -0.3 is 14.5 Å². The van der Waals surface area contributed by atoms with Gasteiger partial charge in [0.05, 0.1) is 18.5 Å². The molecule has 7 heteroatoms. The zero-order valence-electron chi connectivity index (χ0n) is 16.7. The van der Waals surface area contributed by atoms with Crippen LogP contribution in [0, 0.1) is 0 Å². The van der Waals surface area contributed by atoms with Gasteiger partial charge in [-0.2, -0.15) is 0 Å². The summed E-state index contributed by atoms with van der Waals surface area (Å²) in [6, 6.07) is 14.4. The van der Waals surface area contributed by atoms with E-state index in [9.17, 15) is 9.59 Å². The van der Waals surface area contributed by atoms with Gasteiger partial charge in [0.15, 0.2) is 11.2 Å². The monoisotopic (exact) mass is 470 g/mol. The highest BCUT2D eigenvalue weighted by Gasteiger charge is 2.24. The number of ether oxygens (including phenoxy) is 1. The zero-order valence-corrected chi connectivity index (χ0v) is 18.3. The molecule has 2 heterocycles. The Labute approximate surface area is 183 Å². The van der Waals surface area contributed by atoms with Crippen LogP contribution in [0.2, 0.25) is 0 Å². The summed E-state index contributed by atoms with van der Waals surface area (Å²) in [4.78, 5) is 27.5. The van der Waals surface area contributed by atoms with E-state index in [1.54, 1.807) is 25.3 Å². The third kappa shape index (κ3) is 4.42. The Bertz CT molecular complexity index is 1100. The summed E-state index contributed by atoms with van der Waals surface area (Å²) < 4.78 is 11.7. The first kappa shape index (κ1) is 20.6. The number of fused-ring (bicyclic) bond motifs is 1. The van der Waals surface area contributed by atoms with Gasteiger partial charge in [-0.3, -0.25) is 14.5 Å². The van der Waals surface area contributed by atoms with Crippen LogP contribution in [0.4, 0.5) is 0 Å². The average Bonchev–Trinajstić information content (AvgIpc) is 3.29. The number of halogens is 1. The minimum Gasteiger partial charge on any atom is -0.497 e. The molecule has 0 radical (unpaired) electrons. The lowest BCUT2D eigenvalue weighted by Crippen LogP contribution is -2.37. The average molecular weight is 471 g/mol. The van der Waals surface area contributed by atoms with E-state index in [1.165, 1.54) is 6.07 Å². The number of nitrogens with zero attached hydrogens (tertiary/aromatic N) is 1. The molecule has 0 aliphatic carbocycles. The molecule has 6 nitrogen and oxygen atoms in total. The third-order valence-corrected chi connectivity index (χ3v) is 5.94. The maximum atomic E-state index is 12.8. The molecule has 0 spiro atoms. The van der Waals surface area contributed by atoms with E-state index in [4.69, 9.17) is 9.15 Å². The van der Waals surface area contributed by atoms with Gasteiger partial charge in [-0.05, 0) is 61.8 Å². The first-order valence-corrected chi connectivity index (χ1v) is 10.7. The number of benzene rings is 2. The van der Waals surface area contributed by atoms with E-state index in [0.717, 1.165) is 41.7 Å². The maximum Gasteiger partial charge on any atom is 0.287 e. The number of nitrogens with one attached hydrogen (secondary N) is 1. The van der Waals surface area contributed by atoms with Gasteiger partial charge in [0.25, 0.3) is 5.91 Å². The van der Waals surface area contributed by atoms with Gasteiger partial charge in [0, 0.05) is 17.1 Å². The maximum absolute atomic E-state index is 12.8. The van der Waals surface area contributed by atoms with Gasteiger partial charge in [0.2, 0.25) is 0 Å². The molecule has 1 amide bonds. The summed E-state index contributed by atoms with van der Waals surface area (Å²) >= 11 is 3.35. The third-order valence-electron chi connectivity index (χ3n) is 5.45. The molecule has 2 aromatic carbocycles. The van der Waals surface area contributed by atoms with E-state index >= 15 is 0 Å². The number of carbonyl (C=O) groups excluding carboxylic acids is 1. The SMILES string of the molecule is COc1ccc([C@H](CNC(=O)c2cc(=O)c3cc(Br)ccc3o2)N2CCCC2)cc1. The molecular formula is C23H23BrN2O4. The minimum atomic E-state index is -0.394. The van der Waals surface area contributed by atoms with Crippen LogP contribution in [0.3, 0.4) is 0 Å². The number of carbonyl (C=O) groups is 1. The molecular weight excluding hydrogens is 448 g/mol. The molecule has 4 rings (SSSR count). The fraction of sp³-hybridized carbons (Fsp3) is 0.304. The highest BCUT2D eigenvalue weighted by Crippen LogP contribution is 2.26. The fourth-order valence-corrected chi connectivity index (χ4v) is 4.22. The molecule has 1 N–H and O–H groups in total. The van der Waals surface area contributed by atoms with Crippen molar-refractivity contribution in [2.75, 3.05) is 26.7 Å². The Hall–Kier alpha value is -2.64. The lowest BCUT2D eigenvalue weighted by Gasteiger charge is -2.28. The highest BCUT2D eigenvalue weighted by molar-refractivity contribution is 9.10. The van der Waals surface area contributed by atoms with Crippen molar-refractivity contribution in [3.05, 3.63) is 74.6 Å². The molecule has 0 unspecified atom stereocenters.